The summed E-state index contributed by atoms with van der Waals surface area (Å²) in [4.78, 5) is 10.5. The first kappa shape index (κ1) is 14.5. The Balaban J connectivity index is 1.69. The molecule has 1 aliphatic rings. The fourth-order valence-electron chi connectivity index (χ4n) is 3.49. The van der Waals surface area contributed by atoms with Gasteiger partial charge in [-0.1, -0.05) is 24.3 Å². The molecule has 5 nitrogen and oxygen atoms in total. The molecule has 2 aromatic heterocycles. The fourth-order valence-corrected chi connectivity index (χ4v) is 3.71. The van der Waals surface area contributed by atoms with Gasteiger partial charge in [-0.25, -0.2) is 14.2 Å². The molecule has 0 radical (unpaired) electrons. The zero-order chi connectivity index (χ0) is 16.0. The molecule has 3 aromatic rings. The molecule has 1 atom stereocenters. The second kappa shape index (κ2) is 5.54. The number of quaternary nitrogens is 1. The van der Waals surface area contributed by atoms with Gasteiger partial charge in [-0.2, -0.15) is 4.98 Å². The minimum atomic E-state index is 0.609. The number of rotatable bonds is 2. The molecular weight excluding hydrogens is 306 g/mol. The van der Waals surface area contributed by atoms with Gasteiger partial charge in [0.1, 0.15) is 6.54 Å². The molecular formula is C17H20N5S+. The lowest BCUT2D eigenvalue weighted by Crippen LogP contribution is -3.11. The lowest BCUT2D eigenvalue weighted by Gasteiger charge is -2.26. The minimum absolute atomic E-state index is 0.609. The van der Waals surface area contributed by atoms with Crippen molar-refractivity contribution in [2.24, 2.45) is 0 Å². The van der Waals surface area contributed by atoms with Crippen LogP contribution in [0, 0.1) is 18.6 Å². The Bertz CT molecular complexity index is 940. The second-order valence-electron chi connectivity index (χ2n) is 6.30. The Morgan fingerprint density at radius 1 is 1.17 bits per heavy atom. The van der Waals surface area contributed by atoms with Gasteiger partial charge in [-0.15, -0.1) is 0 Å². The van der Waals surface area contributed by atoms with Crippen LogP contribution in [0.4, 0.5) is 0 Å². The molecule has 3 heterocycles. The maximum atomic E-state index is 5.48. The standard InChI is InChI=1S/C17H19N5S/c1-12-9-13(2)22-16(18-12)19-17(23)21(22)11-20-8-7-14-5-3-4-6-15(14)10-20/h3-6,9H,7-8,10-11H2,1-2H3/p+1. The van der Waals surface area contributed by atoms with Crippen LogP contribution in [0.5, 0.6) is 0 Å². The zero-order valence-electron chi connectivity index (χ0n) is 13.4. The average Bonchev–Trinajstić information content (AvgIpc) is 2.83. The van der Waals surface area contributed by atoms with Crippen LogP contribution >= 0.6 is 12.2 Å². The quantitative estimate of drug-likeness (QED) is 0.725. The number of benzene rings is 1. The summed E-state index contributed by atoms with van der Waals surface area (Å²) in [5.41, 5.74) is 5.01. The van der Waals surface area contributed by atoms with Crippen molar-refractivity contribution in [3.8, 4) is 0 Å². The minimum Gasteiger partial charge on any atom is -0.312 e. The first-order chi connectivity index (χ1) is 11.1. The average molecular weight is 326 g/mol. The Kier molecular flexibility index (Phi) is 3.50. The largest absolute Gasteiger partial charge is 0.312 e. The lowest BCUT2D eigenvalue weighted by molar-refractivity contribution is -0.939. The molecule has 0 bridgehead atoms. The van der Waals surface area contributed by atoms with Crippen molar-refractivity contribution >= 4 is 18.0 Å². The van der Waals surface area contributed by atoms with E-state index in [-0.39, 0.29) is 0 Å². The number of nitrogens with one attached hydrogen (secondary N) is 1. The summed E-state index contributed by atoms with van der Waals surface area (Å²) in [5, 5.41) is 0. The number of aromatic nitrogens is 4. The van der Waals surface area contributed by atoms with Crippen molar-refractivity contribution < 1.29 is 4.90 Å². The van der Waals surface area contributed by atoms with E-state index in [2.05, 4.69) is 51.9 Å². The molecule has 1 aliphatic heterocycles. The van der Waals surface area contributed by atoms with Crippen molar-refractivity contribution in [3.05, 3.63) is 57.6 Å². The van der Waals surface area contributed by atoms with Gasteiger partial charge >= 0.3 is 0 Å². The smallest absolute Gasteiger partial charge is 0.252 e. The highest BCUT2D eigenvalue weighted by molar-refractivity contribution is 7.71. The Hall–Kier alpha value is -2.05. The van der Waals surface area contributed by atoms with Crippen molar-refractivity contribution in [3.63, 3.8) is 0 Å². The van der Waals surface area contributed by atoms with Crippen LogP contribution in [0.15, 0.2) is 30.3 Å². The molecule has 0 amide bonds. The van der Waals surface area contributed by atoms with Gasteiger partial charge in [0.05, 0.1) is 6.54 Å². The highest BCUT2D eigenvalue weighted by atomic mass is 32.1. The topological polar surface area (TPSA) is 39.6 Å². The van der Waals surface area contributed by atoms with Gasteiger partial charge < -0.3 is 4.90 Å². The Morgan fingerprint density at radius 3 is 2.78 bits per heavy atom. The highest BCUT2D eigenvalue weighted by Crippen LogP contribution is 2.11. The predicted molar refractivity (Wildman–Crippen MR) is 91.0 cm³/mol. The number of hydrogen-bond acceptors (Lipinski definition) is 3. The van der Waals surface area contributed by atoms with Crippen LogP contribution in [-0.4, -0.2) is 25.7 Å². The Morgan fingerprint density at radius 2 is 1.96 bits per heavy atom. The van der Waals surface area contributed by atoms with E-state index < -0.39 is 0 Å². The number of aryl methyl sites for hydroxylation is 2. The third-order valence-corrected chi connectivity index (χ3v) is 4.86. The predicted octanol–water partition coefficient (Wildman–Crippen LogP) is 1.48. The van der Waals surface area contributed by atoms with E-state index in [1.807, 2.05) is 11.4 Å². The summed E-state index contributed by atoms with van der Waals surface area (Å²) in [6.07, 6.45) is 1.12. The van der Waals surface area contributed by atoms with E-state index in [0.717, 1.165) is 37.6 Å². The maximum absolute atomic E-state index is 5.48. The molecule has 4 rings (SSSR count). The van der Waals surface area contributed by atoms with Crippen LogP contribution in [0.2, 0.25) is 0 Å². The van der Waals surface area contributed by atoms with Crippen LogP contribution in [0.25, 0.3) is 5.78 Å². The summed E-state index contributed by atoms with van der Waals surface area (Å²) in [6.45, 7) is 7.03. The lowest BCUT2D eigenvalue weighted by atomic mass is 10.0. The molecule has 0 saturated heterocycles. The van der Waals surface area contributed by atoms with E-state index in [0.29, 0.717) is 10.5 Å². The summed E-state index contributed by atoms with van der Waals surface area (Å²) in [7, 11) is 0. The van der Waals surface area contributed by atoms with Gasteiger partial charge in [0.2, 0.25) is 4.77 Å². The van der Waals surface area contributed by atoms with Crippen molar-refractivity contribution in [1.82, 2.24) is 19.2 Å². The highest BCUT2D eigenvalue weighted by Gasteiger charge is 2.21. The normalized spacial score (nSPS) is 17.4. The SMILES string of the molecule is Cc1cc(C)n2c(n1)nc(=S)n2C[NH+]1CCc2ccccc2C1. The van der Waals surface area contributed by atoms with E-state index in [4.69, 9.17) is 12.2 Å². The molecule has 0 saturated carbocycles. The summed E-state index contributed by atoms with van der Waals surface area (Å²) in [6, 6.07) is 10.8. The van der Waals surface area contributed by atoms with Crippen molar-refractivity contribution in [1.29, 1.82) is 0 Å². The van der Waals surface area contributed by atoms with E-state index in [1.54, 1.807) is 0 Å². The Labute approximate surface area is 140 Å². The number of hydrogen-bond donors (Lipinski definition) is 1. The van der Waals surface area contributed by atoms with Crippen LogP contribution in [0.3, 0.4) is 0 Å². The van der Waals surface area contributed by atoms with Crippen LogP contribution in [0.1, 0.15) is 22.5 Å². The van der Waals surface area contributed by atoms with Gasteiger partial charge in [0, 0.05) is 23.4 Å². The summed E-state index contributed by atoms with van der Waals surface area (Å²) in [5.74, 6) is 0.698. The molecule has 0 spiro atoms. The molecule has 6 heteroatoms. The van der Waals surface area contributed by atoms with Crippen LogP contribution in [-0.2, 0) is 19.6 Å². The third-order valence-electron chi connectivity index (χ3n) is 4.56. The van der Waals surface area contributed by atoms with E-state index in [1.165, 1.54) is 16.0 Å². The molecule has 118 valence electrons. The zero-order valence-corrected chi connectivity index (χ0v) is 14.2. The summed E-state index contributed by atoms with van der Waals surface area (Å²) >= 11 is 5.48. The van der Waals surface area contributed by atoms with Gasteiger partial charge in [0.15, 0.2) is 6.67 Å². The summed E-state index contributed by atoms with van der Waals surface area (Å²) < 4.78 is 4.73. The van der Waals surface area contributed by atoms with Gasteiger partial charge in [0.25, 0.3) is 5.78 Å². The number of nitrogens with zero attached hydrogens (tertiary/aromatic N) is 4. The van der Waals surface area contributed by atoms with Gasteiger partial charge in [-0.3, -0.25) is 0 Å². The first-order valence-electron chi connectivity index (χ1n) is 7.96. The van der Waals surface area contributed by atoms with E-state index >= 15 is 0 Å². The van der Waals surface area contributed by atoms with Gasteiger partial charge in [-0.05, 0) is 37.7 Å². The third kappa shape index (κ3) is 2.58. The first-order valence-corrected chi connectivity index (χ1v) is 8.37. The maximum Gasteiger partial charge on any atom is 0.252 e. The molecule has 1 unspecified atom stereocenters. The number of fused-ring (bicyclic) bond motifs is 2. The molecule has 0 aliphatic carbocycles. The molecule has 23 heavy (non-hydrogen) atoms. The second-order valence-corrected chi connectivity index (χ2v) is 6.66. The monoisotopic (exact) mass is 326 g/mol. The van der Waals surface area contributed by atoms with Crippen molar-refractivity contribution in [2.75, 3.05) is 6.54 Å². The molecule has 0 fully saturated rings. The van der Waals surface area contributed by atoms with E-state index in [9.17, 15) is 0 Å². The van der Waals surface area contributed by atoms with Crippen molar-refractivity contribution in [2.45, 2.75) is 33.5 Å². The van der Waals surface area contributed by atoms with Crippen LogP contribution < -0.4 is 4.90 Å². The fraction of sp³-hybridized carbons (Fsp3) is 0.353. The molecule has 1 aromatic carbocycles. The molecule has 1 N–H and O–H groups in total.